The molecule has 3 aromatic carbocycles. The second-order valence-corrected chi connectivity index (χ2v) is 6.51. The lowest BCUT2D eigenvalue weighted by Gasteiger charge is -2.19. The predicted octanol–water partition coefficient (Wildman–Crippen LogP) is 3.99. The van der Waals surface area contributed by atoms with Gasteiger partial charge in [-0.2, -0.15) is 5.26 Å². The minimum Gasteiger partial charge on any atom is -0.351 e. The smallest absolute Gasteiger partial charge is 0.236 e. The molecule has 5 nitrogen and oxygen atoms in total. The van der Waals surface area contributed by atoms with E-state index in [9.17, 15) is 9.59 Å². The van der Waals surface area contributed by atoms with Gasteiger partial charge in [-0.3, -0.25) is 9.59 Å². The van der Waals surface area contributed by atoms with Crippen LogP contribution in [0.4, 0.5) is 5.69 Å². The van der Waals surface area contributed by atoms with Crippen molar-refractivity contribution in [2.24, 2.45) is 0 Å². The highest BCUT2D eigenvalue weighted by Gasteiger charge is 2.23. The van der Waals surface area contributed by atoms with E-state index in [4.69, 9.17) is 5.26 Å². The molecule has 0 atom stereocenters. The van der Waals surface area contributed by atoms with Gasteiger partial charge in [-0.1, -0.05) is 78.9 Å². The van der Waals surface area contributed by atoms with Crippen molar-refractivity contribution < 1.29 is 9.59 Å². The molecule has 0 radical (unpaired) electrons. The molecule has 0 fully saturated rings. The van der Waals surface area contributed by atoms with Gasteiger partial charge < -0.3 is 10.6 Å². The summed E-state index contributed by atoms with van der Waals surface area (Å²) in [6.45, 7) is 0.234. The number of para-hydroxylation sites is 1. The maximum Gasteiger partial charge on any atom is 0.236 e. The lowest BCUT2D eigenvalue weighted by atomic mass is 9.90. The molecule has 0 unspecified atom stereocenters. The molecule has 0 bridgehead atoms. The molecule has 0 aliphatic heterocycles. The zero-order chi connectivity index (χ0) is 20.5. The Morgan fingerprint density at radius 1 is 0.828 bits per heavy atom. The van der Waals surface area contributed by atoms with Gasteiger partial charge in [0.1, 0.15) is 6.42 Å². The monoisotopic (exact) mass is 383 g/mol. The molecular weight excluding hydrogens is 362 g/mol. The van der Waals surface area contributed by atoms with E-state index in [1.165, 1.54) is 0 Å². The topological polar surface area (TPSA) is 82.0 Å². The normalized spacial score (nSPS) is 10.2. The van der Waals surface area contributed by atoms with Crippen LogP contribution in [0.25, 0.3) is 0 Å². The second-order valence-electron chi connectivity index (χ2n) is 6.51. The van der Waals surface area contributed by atoms with E-state index in [2.05, 4.69) is 10.6 Å². The van der Waals surface area contributed by atoms with Crippen molar-refractivity contribution in [3.63, 3.8) is 0 Å². The largest absolute Gasteiger partial charge is 0.351 e. The van der Waals surface area contributed by atoms with Gasteiger partial charge in [0.2, 0.25) is 11.8 Å². The fourth-order valence-corrected chi connectivity index (χ4v) is 3.12. The molecule has 0 aliphatic rings. The number of hydrogen-bond acceptors (Lipinski definition) is 3. The van der Waals surface area contributed by atoms with Crippen molar-refractivity contribution in [2.45, 2.75) is 18.9 Å². The van der Waals surface area contributed by atoms with E-state index in [-0.39, 0.29) is 24.8 Å². The van der Waals surface area contributed by atoms with Crippen molar-refractivity contribution in [3.05, 3.63) is 102 Å². The highest BCUT2D eigenvalue weighted by atomic mass is 16.2. The summed E-state index contributed by atoms with van der Waals surface area (Å²) in [5.41, 5.74) is 3.20. The minimum atomic E-state index is -0.460. The number of amides is 2. The third kappa shape index (κ3) is 5.30. The molecule has 2 amide bonds. The lowest BCUT2D eigenvalue weighted by molar-refractivity contribution is -0.120. The van der Waals surface area contributed by atoms with E-state index in [1.54, 1.807) is 6.07 Å². The van der Waals surface area contributed by atoms with E-state index in [0.717, 1.165) is 16.7 Å². The molecule has 5 heteroatoms. The van der Waals surface area contributed by atoms with Gasteiger partial charge in [-0.15, -0.1) is 0 Å². The van der Waals surface area contributed by atoms with Crippen LogP contribution in [0.3, 0.4) is 0 Å². The third-order valence-electron chi connectivity index (χ3n) is 4.52. The molecule has 3 rings (SSSR count). The van der Waals surface area contributed by atoms with E-state index < -0.39 is 5.92 Å². The fourth-order valence-electron chi connectivity index (χ4n) is 3.12. The van der Waals surface area contributed by atoms with Crippen LogP contribution in [0, 0.1) is 11.3 Å². The minimum absolute atomic E-state index is 0.154. The number of benzene rings is 3. The van der Waals surface area contributed by atoms with Gasteiger partial charge in [-0.25, -0.2) is 0 Å². The Balaban J connectivity index is 1.84. The summed E-state index contributed by atoms with van der Waals surface area (Å²) in [4.78, 5) is 24.9. The van der Waals surface area contributed by atoms with Crippen LogP contribution in [-0.2, 0) is 16.1 Å². The van der Waals surface area contributed by atoms with Crippen LogP contribution >= 0.6 is 0 Å². The number of carbonyl (C=O) groups is 2. The molecule has 3 aromatic rings. The summed E-state index contributed by atoms with van der Waals surface area (Å²) in [5, 5.41) is 14.3. The van der Waals surface area contributed by atoms with Crippen molar-refractivity contribution in [1.82, 2.24) is 5.32 Å². The Kier molecular flexibility index (Phi) is 6.75. The summed E-state index contributed by atoms with van der Waals surface area (Å²) in [6.07, 6.45) is -0.196. The number of anilines is 1. The highest BCUT2D eigenvalue weighted by molar-refractivity contribution is 5.98. The quantitative estimate of drug-likeness (QED) is 0.647. The maximum absolute atomic E-state index is 13.3. The first-order valence-electron chi connectivity index (χ1n) is 9.31. The Morgan fingerprint density at radius 3 is 1.97 bits per heavy atom. The van der Waals surface area contributed by atoms with E-state index in [1.807, 2.05) is 84.9 Å². The molecule has 0 saturated heterocycles. The van der Waals surface area contributed by atoms with Crippen molar-refractivity contribution in [1.29, 1.82) is 5.26 Å². The number of rotatable bonds is 7. The predicted molar refractivity (Wildman–Crippen MR) is 112 cm³/mol. The molecular formula is C24H21N3O2. The first-order valence-corrected chi connectivity index (χ1v) is 9.31. The SMILES string of the molecule is N#CCC(=O)NCc1ccccc1NC(=O)C(c1ccccc1)c1ccccc1. The summed E-state index contributed by atoms with van der Waals surface area (Å²) >= 11 is 0. The first kappa shape index (κ1) is 19.8. The molecule has 0 spiro atoms. The first-order chi connectivity index (χ1) is 14.2. The zero-order valence-electron chi connectivity index (χ0n) is 15.8. The Labute approximate surface area is 170 Å². The van der Waals surface area contributed by atoms with Crippen molar-refractivity contribution in [2.75, 3.05) is 5.32 Å². The van der Waals surface area contributed by atoms with Gasteiger partial charge in [0, 0.05) is 12.2 Å². The highest BCUT2D eigenvalue weighted by Crippen LogP contribution is 2.27. The Morgan fingerprint density at radius 2 is 1.38 bits per heavy atom. The van der Waals surface area contributed by atoms with Gasteiger partial charge in [0.05, 0.1) is 12.0 Å². The number of nitrogens with one attached hydrogen (secondary N) is 2. The number of nitriles is 1. The van der Waals surface area contributed by atoms with Gasteiger partial charge in [0.15, 0.2) is 0 Å². The van der Waals surface area contributed by atoms with Gasteiger partial charge in [0.25, 0.3) is 0 Å². The molecule has 0 aromatic heterocycles. The maximum atomic E-state index is 13.3. The zero-order valence-corrected chi connectivity index (χ0v) is 15.8. The summed E-state index contributed by atoms with van der Waals surface area (Å²) in [6, 6.07) is 28.4. The second kappa shape index (κ2) is 9.86. The number of carbonyl (C=O) groups excluding carboxylic acids is 2. The van der Waals surface area contributed by atoms with Crippen LogP contribution in [0.15, 0.2) is 84.9 Å². The van der Waals surface area contributed by atoms with Crippen molar-refractivity contribution in [3.8, 4) is 6.07 Å². The van der Waals surface area contributed by atoms with Gasteiger partial charge >= 0.3 is 0 Å². The van der Waals surface area contributed by atoms with E-state index >= 15 is 0 Å². The van der Waals surface area contributed by atoms with E-state index in [0.29, 0.717) is 5.69 Å². The summed E-state index contributed by atoms with van der Waals surface area (Å²) in [7, 11) is 0. The van der Waals surface area contributed by atoms with Crippen LogP contribution in [0.5, 0.6) is 0 Å². The van der Waals surface area contributed by atoms with Crippen molar-refractivity contribution >= 4 is 17.5 Å². The molecule has 144 valence electrons. The molecule has 2 N–H and O–H groups in total. The average molecular weight is 383 g/mol. The number of nitrogens with zero attached hydrogens (tertiary/aromatic N) is 1. The molecule has 0 saturated carbocycles. The van der Waals surface area contributed by atoms with Crippen LogP contribution in [0.2, 0.25) is 0 Å². The fraction of sp³-hybridized carbons (Fsp3) is 0.125. The van der Waals surface area contributed by atoms with Gasteiger partial charge in [-0.05, 0) is 22.8 Å². The standard InChI is InChI=1S/C24H21N3O2/c25-16-15-22(28)26-17-20-13-7-8-14-21(20)27-24(29)23(18-9-3-1-4-10-18)19-11-5-2-6-12-19/h1-14,23H,15,17H2,(H,26,28)(H,27,29). The molecule has 0 heterocycles. The summed E-state index contributed by atoms with van der Waals surface area (Å²) < 4.78 is 0. The van der Waals surface area contributed by atoms with Crippen LogP contribution in [-0.4, -0.2) is 11.8 Å². The third-order valence-corrected chi connectivity index (χ3v) is 4.52. The Bertz CT molecular complexity index is 972. The number of hydrogen-bond donors (Lipinski definition) is 2. The Hall–Kier alpha value is -3.91. The van der Waals surface area contributed by atoms with Crippen LogP contribution < -0.4 is 10.6 Å². The summed E-state index contributed by atoms with van der Waals surface area (Å²) in [5.74, 6) is -0.961. The lowest BCUT2D eigenvalue weighted by Crippen LogP contribution is -2.25. The average Bonchev–Trinajstić information content (AvgIpc) is 2.75. The van der Waals surface area contributed by atoms with Crippen LogP contribution in [0.1, 0.15) is 29.0 Å². The molecule has 29 heavy (non-hydrogen) atoms. The molecule has 0 aliphatic carbocycles.